The van der Waals surface area contributed by atoms with E-state index in [2.05, 4.69) is 22.6 Å². The Kier molecular flexibility index (Phi) is 2.41. The van der Waals surface area contributed by atoms with Gasteiger partial charge in [-0.3, -0.25) is 4.79 Å². The SMILES string of the molecule is NC(=O)c1cc(I)cc2ccccc12. The fourth-order valence-electron chi connectivity index (χ4n) is 1.48. The second kappa shape index (κ2) is 3.57. The molecule has 0 radical (unpaired) electrons. The van der Waals surface area contributed by atoms with Gasteiger partial charge in [0, 0.05) is 9.13 Å². The lowest BCUT2D eigenvalue weighted by molar-refractivity contribution is 0.100. The maximum atomic E-state index is 11.2. The molecule has 0 aliphatic carbocycles. The first-order chi connectivity index (χ1) is 6.68. The van der Waals surface area contributed by atoms with E-state index in [4.69, 9.17) is 5.73 Å². The van der Waals surface area contributed by atoms with Crippen molar-refractivity contribution in [1.82, 2.24) is 0 Å². The molecule has 0 aliphatic rings. The highest BCUT2D eigenvalue weighted by Crippen LogP contribution is 2.21. The number of hydrogen-bond acceptors (Lipinski definition) is 1. The van der Waals surface area contributed by atoms with Crippen molar-refractivity contribution in [2.45, 2.75) is 0 Å². The molecule has 0 spiro atoms. The highest BCUT2D eigenvalue weighted by Gasteiger charge is 2.06. The van der Waals surface area contributed by atoms with E-state index in [9.17, 15) is 4.79 Å². The number of hydrogen-bond donors (Lipinski definition) is 1. The summed E-state index contributed by atoms with van der Waals surface area (Å²) in [6, 6.07) is 11.6. The zero-order chi connectivity index (χ0) is 10.1. The van der Waals surface area contributed by atoms with Crippen LogP contribution in [0.25, 0.3) is 10.8 Å². The second-order valence-electron chi connectivity index (χ2n) is 3.04. The largest absolute Gasteiger partial charge is 0.366 e. The fraction of sp³-hybridized carbons (Fsp3) is 0. The summed E-state index contributed by atoms with van der Waals surface area (Å²) in [5, 5.41) is 1.97. The van der Waals surface area contributed by atoms with E-state index < -0.39 is 0 Å². The molecule has 14 heavy (non-hydrogen) atoms. The Morgan fingerprint density at radius 3 is 2.64 bits per heavy atom. The van der Waals surface area contributed by atoms with E-state index in [1.807, 2.05) is 36.4 Å². The molecule has 3 heteroatoms. The Hall–Kier alpha value is -1.10. The molecular formula is C11H8INO. The number of nitrogens with two attached hydrogens (primary N) is 1. The minimum atomic E-state index is -0.375. The maximum Gasteiger partial charge on any atom is 0.249 e. The van der Waals surface area contributed by atoms with Crippen LogP contribution in [0.5, 0.6) is 0 Å². The number of rotatable bonds is 1. The summed E-state index contributed by atoms with van der Waals surface area (Å²) in [7, 11) is 0. The van der Waals surface area contributed by atoms with Gasteiger partial charge in [-0.1, -0.05) is 24.3 Å². The predicted molar refractivity (Wildman–Crippen MR) is 65.2 cm³/mol. The van der Waals surface area contributed by atoms with Crippen molar-refractivity contribution in [3.05, 3.63) is 45.5 Å². The van der Waals surface area contributed by atoms with Crippen LogP contribution >= 0.6 is 22.6 Å². The van der Waals surface area contributed by atoms with E-state index in [1.165, 1.54) is 0 Å². The number of fused-ring (bicyclic) bond motifs is 1. The monoisotopic (exact) mass is 297 g/mol. The number of carbonyl (C=O) groups excluding carboxylic acids is 1. The van der Waals surface area contributed by atoms with Crippen LogP contribution in [0.3, 0.4) is 0 Å². The minimum Gasteiger partial charge on any atom is -0.366 e. The van der Waals surface area contributed by atoms with Gasteiger partial charge in [0.1, 0.15) is 0 Å². The lowest BCUT2D eigenvalue weighted by atomic mass is 10.0. The number of benzene rings is 2. The normalized spacial score (nSPS) is 10.4. The first-order valence-corrected chi connectivity index (χ1v) is 5.24. The standard InChI is InChI=1S/C11H8INO/c12-8-5-7-3-1-2-4-9(7)10(6-8)11(13)14/h1-6H,(H2,13,14). The summed E-state index contributed by atoms with van der Waals surface area (Å²) in [6.07, 6.45) is 0. The molecule has 0 bridgehead atoms. The second-order valence-corrected chi connectivity index (χ2v) is 4.28. The third kappa shape index (κ3) is 1.59. The molecule has 2 N–H and O–H groups in total. The van der Waals surface area contributed by atoms with Gasteiger partial charge in [0.15, 0.2) is 0 Å². The van der Waals surface area contributed by atoms with Crippen LogP contribution in [-0.4, -0.2) is 5.91 Å². The Morgan fingerprint density at radius 1 is 1.21 bits per heavy atom. The molecule has 0 aliphatic heterocycles. The van der Waals surface area contributed by atoms with Crippen LogP contribution in [0, 0.1) is 3.57 Å². The van der Waals surface area contributed by atoms with Crippen LogP contribution < -0.4 is 5.73 Å². The predicted octanol–water partition coefficient (Wildman–Crippen LogP) is 2.54. The Balaban J connectivity index is 2.87. The Morgan fingerprint density at radius 2 is 1.93 bits per heavy atom. The van der Waals surface area contributed by atoms with Gasteiger partial charge in [-0.15, -0.1) is 0 Å². The van der Waals surface area contributed by atoms with Crippen LogP contribution in [0.4, 0.5) is 0 Å². The molecule has 2 aromatic carbocycles. The maximum absolute atomic E-state index is 11.2. The van der Waals surface area contributed by atoms with Crippen molar-refractivity contribution in [3.63, 3.8) is 0 Å². The van der Waals surface area contributed by atoms with Crippen molar-refractivity contribution in [1.29, 1.82) is 0 Å². The molecule has 2 nitrogen and oxygen atoms in total. The highest BCUT2D eigenvalue weighted by molar-refractivity contribution is 14.1. The van der Waals surface area contributed by atoms with Crippen molar-refractivity contribution in [3.8, 4) is 0 Å². The van der Waals surface area contributed by atoms with E-state index >= 15 is 0 Å². The quantitative estimate of drug-likeness (QED) is 0.808. The summed E-state index contributed by atoms with van der Waals surface area (Å²) in [6.45, 7) is 0. The van der Waals surface area contributed by atoms with Crippen LogP contribution in [-0.2, 0) is 0 Å². The zero-order valence-electron chi connectivity index (χ0n) is 7.33. The van der Waals surface area contributed by atoms with Crippen LogP contribution in [0.1, 0.15) is 10.4 Å². The average molecular weight is 297 g/mol. The van der Waals surface area contributed by atoms with Crippen molar-refractivity contribution >= 4 is 39.3 Å². The van der Waals surface area contributed by atoms with Gasteiger partial charge in [-0.25, -0.2) is 0 Å². The molecule has 2 rings (SSSR count). The van der Waals surface area contributed by atoms with E-state index in [1.54, 1.807) is 0 Å². The Labute approximate surface area is 95.2 Å². The van der Waals surface area contributed by atoms with Crippen LogP contribution in [0.15, 0.2) is 36.4 Å². The molecule has 0 saturated heterocycles. The molecule has 1 amide bonds. The first kappa shape index (κ1) is 9.45. The average Bonchev–Trinajstić information content (AvgIpc) is 2.16. The van der Waals surface area contributed by atoms with E-state index in [-0.39, 0.29) is 5.91 Å². The highest BCUT2D eigenvalue weighted by atomic mass is 127. The van der Waals surface area contributed by atoms with E-state index in [0.29, 0.717) is 5.56 Å². The number of amides is 1. The molecule has 0 aromatic heterocycles. The zero-order valence-corrected chi connectivity index (χ0v) is 9.49. The molecular weight excluding hydrogens is 289 g/mol. The van der Waals surface area contributed by atoms with Crippen molar-refractivity contribution in [2.75, 3.05) is 0 Å². The summed E-state index contributed by atoms with van der Waals surface area (Å²) >= 11 is 2.18. The summed E-state index contributed by atoms with van der Waals surface area (Å²) in [5.41, 5.74) is 5.90. The van der Waals surface area contributed by atoms with Gasteiger partial charge in [0.05, 0.1) is 0 Å². The van der Waals surface area contributed by atoms with Gasteiger partial charge in [0.25, 0.3) is 0 Å². The molecule has 0 atom stereocenters. The molecule has 0 saturated carbocycles. The van der Waals surface area contributed by atoms with Gasteiger partial charge in [0.2, 0.25) is 5.91 Å². The fourth-order valence-corrected chi connectivity index (χ4v) is 2.12. The molecule has 70 valence electrons. The third-order valence-corrected chi connectivity index (χ3v) is 2.71. The number of carbonyl (C=O) groups is 1. The molecule has 2 aromatic rings. The van der Waals surface area contributed by atoms with Crippen LogP contribution in [0.2, 0.25) is 0 Å². The lowest BCUT2D eigenvalue weighted by Crippen LogP contribution is -2.11. The van der Waals surface area contributed by atoms with Crippen molar-refractivity contribution < 1.29 is 4.79 Å². The lowest BCUT2D eigenvalue weighted by Gasteiger charge is -2.03. The van der Waals surface area contributed by atoms with Gasteiger partial charge in [-0.2, -0.15) is 0 Å². The Bertz CT molecular complexity index is 508. The van der Waals surface area contributed by atoms with E-state index in [0.717, 1.165) is 14.3 Å². The van der Waals surface area contributed by atoms with Gasteiger partial charge in [-0.05, 0) is 45.5 Å². The summed E-state index contributed by atoms with van der Waals surface area (Å²) in [4.78, 5) is 11.2. The number of primary amides is 1. The molecule has 0 heterocycles. The van der Waals surface area contributed by atoms with Crippen molar-refractivity contribution in [2.24, 2.45) is 5.73 Å². The molecule has 0 fully saturated rings. The minimum absolute atomic E-state index is 0.375. The first-order valence-electron chi connectivity index (χ1n) is 4.16. The number of halogens is 1. The summed E-state index contributed by atoms with van der Waals surface area (Å²) in [5.74, 6) is -0.375. The smallest absolute Gasteiger partial charge is 0.249 e. The topological polar surface area (TPSA) is 43.1 Å². The van der Waals surface area contributed by atoms with Gasteiger partial charge < -0.3 is 5.73 Å². The third-order valence-electron chi connectivity index (χ3n) is 2.09. The van der Waals surface area contributed by atoms with Gasteiger partial charge >= 0.3 is 0 Å². The molecule has 0 unspecified atom stereocenters. The summed E-state index contributed by atoms with van der Waals surface area (Å²) < 4.78 is 1.02.